The van der Waals surface area contributed by atoms with Gasteiger partial charge in [-0.05, 0) is 51.6 Å². The lowest BCUT2D eigenvalue weighted by atomic mass is 9.79. The minimum absolute atomic E-state index is 0.410. The summed E-state index contributed by atoms with van der Waals surface area (Å²) in [6.07, 6.45) is 9.41. The molecule has 2 N–H and O–H groups in total. The average molecular weight is 299 g/mol. The largest absolute Gasteiger partial charge is 0.389 e. The molecular weight excluding hydrogens is 260 g/mol. The Kier molecular flexibility index (Phi) is 8.22. The van der Waals surface area contributed by atoms with Gasteiger partial charge in [0.05, 0.1) is 5.60 Å². The molecular formula is C18H38N2O. The fraction of sp³-hybridized carbons (Fsp3) is 1.00. The first-order valence-corrected chi connectivity index (χ1v) is 9.06. The molecule has 0 aromatic rings. The number of hydrogen-bond donors (Lipinski definition) is 2. The van der Waals surface area contributed by atoms with Crippen molar-refractivity contribution in [1.29, 1.82) is 0 Å². The smallest absolute Gasteiger partial charge is 0.0718 e. The fourth-order valence-corrected chi connectivity index (χ4v) is 3.70. The van der Waals surface area contributed by atoms with Gasteiger partial charge in [-0.3, -0.25) is 0 Å². The van der Waals surface area contributed by atoms with Crippen LogP contribution in [0.4, 0.5) is 0 Å². The van der Waals surface area contributed by atoms with Gasteiger partial charge >= 0.3 is 0 Å². The van der Waals surface area contributed by atoms with Crippen LogP contribution >= 0.6 is 0 Å². The van der Waals surface area contributed by atoms with E-state index in [1.165, 1.54) is 44.9 Å². The maximum absolute atomic E-state index is 10.1. The third-order valence-electron chi connectivity index (χ3n) is 4.71. The van der Waals surface area contributed by atoms with Crippen molar-refractivity contribution < 1.29 is 5.11 Å². The van der Waals surface area contributed by atoms with E-state index in [1.807, 2.05) is 13.8 Å². The van der Waals surface area contributed by atoms with Crippen LogP contribution in [0.25, 0.3) is 0 Å². The number of hydrogen-bond acceptors (Lipinski definition) is 3. The van der Waals surface area contributed by atoms with E-state index in [0.29, 0.717) is 5.41 Å². The number of rotatable bonds is 9. The van der Waals surface area contributed by atoms with Crippen LogP contribution in [0, 0.1) is 5.41 Å². The molecule has 0 bridgehead atoms. The lowest BCUT2D eigenvalue weighted by molar-refractivity contribution is 0.0187. The van der Waals surface area contributed by atoms with Crippen LogP contribution in [-0.4, -0.2) is 48.3 Å². The van der Waals surface area contributed by atoms with Gasteiger partial charge in [-0.1, -0.05) is 39.5 Å². The Morgan fingerprint density at radius 1 is 1.10 bits per heavy atom. The van der Waals surface area contributed by atoms with E-state index in [4.69, 9.17) is 0 Å². The molecule has 1 fully saturated rings. The Morgan fingerprint density at radius 3 is 2.19 bits per heavy atom. The lowest BCUT2D eigenvalue weighted by Gasteiger charge is -2.40. The average Bonchev–Trinajstić information content (AvgIpc) is 2.63. The molecule has 0 saturated heterocycles. The van der Waals surface area contributed by atoms with Gasteiger partial charge in [-0.25, -0.2) is 0 Å². The van der Waals surface area contributed by atoms with Gasteiger partial charge in [0.2, 0.25) is 0 Å². The Morgan fingerprint density at radius 2 is 1.71 bits per heavy atom. The maximum atomic E-state index is 10.1. The summed E-state index contributed by atoms with van der Waals surface area (Å²) in [6, 6.07) is 0. The summed E-state index contributed by atoms with van der Waals surface area (Å²) in [5, 5.41) is 13.8. The second-order valence-corrected chi connectivity index (χ2v) is 7.71. The topological polar surface area (TPSA) is 35.5 Å². The normalized spacial score (nSPS) is 19.7. The van der Waals surface area contributed by atoms with E-state index in [-0.39, 0.29) is 0 Å². The highest BCUT2D eigenvalue weighted by Gasteiger charge is 2.33. The summed E-state index contributed by atoms with van der Waals surface area (Å²) in [6.45, 7) is 13.5. The van der Waals surface area contributed by atoms with Crippen molar-refractivity contribution in [3.8, 4) is 0 Å². The van der Waals surface area contributed by atoms with Gasteiger partial charge in [-0.2, -0.15) is 0 Å². The fourth-order valence-electron chi connectivity index (χ4n) is 3.70. The monoisotopic (exact) mass is 298 g/mol. The predicted molar refractivity (Wildman–Crippen MR) is 91.7 cm³/mol. The van der Waals surface area contributed by atoms with Gasteiger partial charge in [0.25, 0.3) is 0 Å². The Hall–Kier alpha value is -0.120. The molecule has 0 aromatic carbocycles. The van der Waals surface area contributed by atoms with Crippen LogP contribution in [0.2, 0.25) is 0 Å². The van der Waals surface area contributed by atoms with Crippen LogP contribution < -0.4 is 5.32 Å². The van der Waals surface area contributed by atoms with Gasteiger partial charge in [-0.15, -0.1) is 0 Å². The summed E-state index contributed by atoms with van der Waals surface area (Å²) in [7, 11) is 0. The summed E-state index contributed by atoms with van der Waals surface area (Å²) in [4.78, 5) is 2.46. The lowest BCUT2D eigenvalue weighted by Crippen LogP contribution is -2.48. The first-order chi connectivity index (χ1) is 9.91. The summed E-state index contributed by atoms with van der Waals surface area (Å²) < 4.78 is 0. The zero-order valence-electron chi connectivity index (χ0n) is 14.9. The Balaban J connectivity index is 2.69. The molecule has 3 heteroatoms. The van der Waals surface area contributed by atoms with Gasteiger partial charge < -0.3 is 15.3 Å². The molecule has 1 aliphatic carbocycles. The van der Waals surface area contributed by atoms with Crippen molar-refractivity contribution in [2.75, 3.05) is 32.7 Å². The first kappa shape index (κ1) is 18.9. The highest BCUT2D eigenvalue weighted by atomic mass is 16.3. The van der Waals surface area contributed by atoms with Crippen molar-refractivity contribution in [3.63, 3.8) is 0 Å². The quantitative estimate of drug-likeness (QED) is 0.506. The molecule has 0 spiro atoms. The van der Waals surface area contributed by atoms with Crippen LogP contribution in [-0.2, 0) is 0 Å². The highest BCUT2D eigenvalue weighted by molar-refractivity contribution is 4.88. The second-order valence-electron chi connectivity index (χ2n) is 7.71. The zero-order valence-corrected chi connectivity index (χ0v) is 14.9. The molecule has 1 saturated carbocycles. The summed E-state index contributed by atoms with van der Waals surface area (Å²) in [5.41, 5.74) is -0.189. The first-order valence-electron chi connectivity index (χ1n) is 9.06. The Labute approximate surface area is 132 Å². The molecule has 0 aromatic heterocycles. The maximum Gasteiger partial charge on any atom is 0.0718 e. The van der Waals surface area contributed by atoms with E-state index in [1.54, 1.807) is 0 Å². The van der Waals surface area contributed by atoms with E-state index >= 15 is 0 Å². The number of aliphatic hydroxyl groups is 1. The standard InChI is InChI=1S/C18H38N2O/c1-5-13-19-14-18(11-9-7-8-10-12-18)16-20(6-2)15-17(3,4)21/h19,21H,5-16H2,1-4H3. The van der Waals surface area contributed by atoms with E-state index in [9.17, 15) is 5.11 Å². The van der Waals surface area contributed by atoms with Crippen molar-refractivity contribution in [2.24, 2.45) is 5.41 Å². The molecule has 0 unspecified atom stereocenters. The van der Waals surface area contributed by atoms with E-state index in [0.717, 1.165) is 32.7 Å². The van der Waals surface area contributed by atoms with Gasteiger partial charge in [0, 0.05) is 19.6 Å². The molecule has 0 heterocycles. The molecule has 3 nitrogen and oxygen atoms in total. The molecule has 0 amide bonds. The molecule has 21 heavy (non-hydrogen) atoms. The molecule has 0 atom stereocenters. The third-order valence-corrected chi connectivity index (χ3v) is 4.71. The molecule has 126 valence electrons. The zero-order chi connectivity index (χ0) is 15.8. The number of likely N-dealkylation sites (N-methyl/N-ethyl adjacent to an activating group) is 1. The number of nitrogens with zero attached hydrogens (tertiary/aromatic N) is 1. The minimum atomic E-state index is -0.598. The third kappa shape index (κ3) is 7.62. The van der Waals surface area contributed by atoms with E-state index < -0.39 is 5.60 Å². The van der Waals surface area contributed by atoms with Crippen LogP contribution in [0.15, 0.2) is 0 Å². The Bertz CT molecular complexity index is 265. The van der Waals surface area contributed by atoms with Crippen molar-refractivity contribution in [3.05, 3.63) is 0 Å². The van der Waals surface area contributed by atoms with Crippen molar-refractivity contribution >= 4 is 0 Å². The molecule has 0 radical (unpaired) electrons. The van der Waals surface area contributed by atoms with Crippen LogP contribution in [0.3, 0.4) is 0 Å². The second kappa shape index (κ2) is 9.12. The van der Waals surface area contributed by atoms with Gasteiger partial charge in [0.1, 0.15) is 0 Å². The van der Waals surface area contributed by atoms with Gasteiger partial charge in [0.15, 0.2) is 0 Å². The van der Waals surface area contributed by atoms with Crippen LogP contribution in [0.5, 0.6) is 0 Å². The summed E-state index contributed by atoms with van der Waals surface area (Å²) in [5.74, 6) is 0. The van der Waals surface area contributed by atoms with Crippen molar-refractivity contribution in [1.82, 2.24) is 10.2 Å². The van der Waals surface area contributed by atoms with Crippen LogP contribution in [0.1, 0.15) is 72.6 Å². The summed E-state index contributed by atoms with van der Waals surface area (Å²) >= 11 is 0. The van der Waals surface area contributed by atoms with E-state index in [2.05, 4.69) is 24.1 Å². The molecule has 1 rings (SSSR count). The van der Waals surface area contributed by atoms with Crippen molar-refractivity contribution in [2.45, 2.75) is 78.2 Å². The molecule has 0 aliphatic heterocycles. The minimum Gasteiger partial charge on any atom is -0.389 e. The predicted octanol–water partition coefficient (Wildman–Crippen LogP) is 3.42. The SMILES string of the molecule is CCCNCC1(CN(CC)CC(C)(C)O)CCCCCC1. The molecule has 1 aliphatic rings. The highest BCUT2D eigenvalue weighted by Crippen LogP contribution is 2.35. The number of nitrogens with one attached hydrogen (secondary N) is 1.